The van der Waals surface area contributed by atoms with Gasteiger partial charge in [0.1, 0.15) is 0 Å². The normalized spacial score (nSPS) is 29.2. The van der Waals surface area contributed by atoms with Crippen molar-refractivity contribution >= 4 is 0 Å². The van der Waals surface area contributed by atoms with E-state index >= 15 is 0 Å². The minimum Gasteiger partial charge on any atom is -0.330 e. The molecule has 3 N–H and O–H groups in total. The van der Waals surface area contributed by atoms with Crippen LogP contribution in [0.3, 0.4) is 0 Å². The van der Waals surface area contributed by atoms with Crippen LogP contribution in [0.25, 0.3) is 0 Å². The van der Waals surface area contributed by atoms with Crippen LogP contribution in [0.5, 0.6) is 0 Å². The van der Waals surface area contributed by atoms with Crippen molar-refractivity contribution in [1.29, 1.82) is 0 Å². The van der Waals surface area contributed by atoms with E-state index < -0.39 is 11.8 Å². The highest BCUT2D eigenvalue weighted by molar-refractivity contribution is 4.87. The van der Waals surface area contributed by atoms with Crippen LogP contribution in [0.15, 0.2) is 0 Å². The zero-order chi connectivity index (χ0) is 8.32. The van der Waals surface area contributed by atoms with Gasteiger partial charge in [0, 0.05) is 12.5 Å². The van der Waals surface area contributed by atoms with Crippen molar-refractivity contribution in [2.75, 3.05) is 19.6 Å². The Hall–Kier alpha value is -0.220. The Bertz CT molecular complexity index is 128. The first-order chi connectivity index (χ1) is 5.17. The summed E-state index contributed by atoms with van der Waals surface area (Å²) < 4.78 is 25.7. The van der Waals surface area contributed by atoms with Gasteiger partial charge in [-0.05, 0) is 19.4 Å². The van der Waals surface area contributed by atoms with Gasteiger partial charge in [-0.25, -0.2) is 8.78 Å². The molecule has 1 unspecified atom stereocenters. The van der Waals surface area contributed by atoms with Gasteiger partial charge in [-0.3, -0.25) is 0 Å². The maximum Gasteiger partial charge on any atom is 0.264 e. The Kier molecular flexibility index (Phi) is 2.78. The topological polar surface area (TPSA) is 38.0 Å². The van der Waals surface area contributed by atoms with Crippen LogP contribution in [-0.2, 0) is 0 Å². The van der Waals surface area contributed by atoms with Gasteiger partial charge in [0.15, 0.2) is 0 Å². The molecule has 0 aromatic rings. The summed E-state index contributed by atoms with van der Waals surface area (Å²) in [6.45, 7) is 0.780. The zero-order valence-corrected chi connectivity index (χ0v) is 6.45. The van der Waals surface area contributed by atoms with Crippen LogP contribution in [0.2, 0.25) is 0 Å². The van der Waals surface area contributed by atoms with E-state index in [-0.39, 0.29) is 6.54 Å². The molecule has 0 aromatic carbocycles. The quantitative estimate of drug-likeness (QED) is 0.640. The van der Waals surface area contributed by atoms with Crippen molar-refractivity contribution < 1.29 is 8.78 Å². The minimum atomic E-state index is -2.50. The van der Waals surface area contributed by atoms with Gasteiger partial charge in [0.05, 0.1) is 6.54 Å². The van der Waals surface area contributed by atoms with Crippen molar-refractivity contribution in [3.63, 3.8) is 0 Å². The molecular weight excluding hydrogens is 150 g/mol. The Morgan fingerprint density at radius 3 is 2.73 bits per heavy atom. The Balaban J connectivity index is 2.32. The molecule has 1 saturated heterocycles. The second kappa shape index (κ2) is 3.45. The summed E-state index contributed by atoms with van der Waals surface area (Å²) in [5.74, 6) is -3.00. The fourth-order valence-corrected chi connectivity index (χ4v) is 1.38. The van der Waals surface area contributed by atoms with E-state index in [1.807, 2.05) is 0 Å². The predicted molar refractivity (Wildman–Crippen MR) is 39.6 cm³/mol. The van der Waals surface area contributed by atoms with Gasteiger partial charge in [0.25, 0.3) is 5.92 Å². The van der Waals surface area contributed by atoms with Gasteiger partial charge in [0.2, 0.25) is 0 Å². The molecule has 0 amide bonds. The summed E-state index contributed by atoms with van der Waals surface area (Å²) in [6.07, 6.45) is 1.23. The van der Waals surface area contributed by atoms with Crippen molar-refractivity contribution in [1.82, 2.24) is 5.32 Å². The summed E-state index contributed by atoms with van der Waals surface area (Å²) in [6, 6.07) is 0. The molecule has 1 aliphatic rings. The lowest BCUT2D eigenvalue weighted by Crippen LogP contribution is -2.27. The van der Waals surface area contributed by atoms with Crippen molar-refractivity contribution in [2.45, 2.75) is 18.8 Å². The third kappa shape index (κ3) is 2.10. The van der Waals surface area contributed by atoms with Gasteiger partial charge in [-0.1, -0.05) is 0 Å². The fraction of sp³-hybridized carbons (Fsp3) is 1.00. The van der Waals surface area contributed by atoms with Crippen molar-refractivity contribution in [2.24, 2.45) is 11.7 Å². The number of hydrogen-bond acceptors (Lipinski definition) is 2. The second-order valence-electron chi connectivity index (χ2n) is 3.02. The third-order valence-corrected chi connectivity index (χ3v) is 2.11. The lowest BCUT2D eigenvalue weighted by atomic mass is 9.99. The first kappa shape index (κ1) is 8.87. The molecule has 0 spiro atoms. The Morgan fingerprint density at radius 1 is 1.55 bits per heavy atom. The smallest absolute Gasteiger partial charge is 0.264 e. The Morgan fingerprint density at radius 2 is 2.27 bits per heavy atom. The van der Waals surface area contributed by atoms with E-state index in [0.717, 1.165) is 0 Å². The SMILES string of the molecule is NCCCC1CNCC1(F)F. The Labute approximate surface area is 65.1 Å². The molecule has 1 aliphatic heterocycles. The van der Waals surface area contributed by atoms with E-state index in [9.17, 15) is 8.78 Å². The monoisotopic (exact) mass is 164 g/mol. The number of alkyl halides is 2. The van der Waals surface area contributed by atoms with Crippen molar-refractivity contribution in [3.8, 4) is 0 Å². The molecule has 2 nitrogen and oxygen atoms in total. The molecule has 0 aromatic heterocycles. The predicted octanol–water partition coefficient (Wildman–Crippen LogP) is 0.580. The van der Waals surface area contributed by atoms with Crippen LogP contribution in [0.4, 0.5) is 8.78 Å². The summed E-state index contributed by atoms with van der Waals surface area (Å²) in [5.41, 5.74) is 5.23. The molecule has 0 radical (unpaired) electrons. The van der Waals surface area contributed by atoms with Gasteiger partial charge >= 0.3 is 0 Å². The molecule has 0 bridgehead atoms. The van der Waals surface area contributed by atoms with E-state index in [1.165, 1.54) is 0 Å². The molecular formula is C7H14F2N2. The molecule has 0 saturated carbocycles. The van der Waals surface area contributed by atoms with Gasteiger partial charge < -0.3 is 11.1 Å². The highest BCUT2D eigenvalue weighted by atomic mass is 19.3. The van der Waals surface area contributed by atoms with Crippen molar-refractivity contribution in [3.05, 3.63) is 0 Å². The summed E-state index contributed by atoms with van der Waals surface area (Å²) in [7, 11) is 0. The second-order valence-corrected chi connectivity index (χ2v) is 3.02. The van der Waals surface area contributed by atoms with Crippen LogP contribution >= 0.6 is 0 Å². The third-order valence-electron chi connectivity index (χ3n) is 2.11. The van der Waals surface area contributed by atoms with Crippen LogP contribution in [-0.4, -0.2) is 25.6 Å². The lowest BCUT2D eigenvalue weighted by molar-refractivity contribution is -0.0246. The number of rotatable bonds is 3. The number of nitrogens with one attached hydrogen (secondary N) is 1. The summed E-state index contributed by atoms with van der Waals surface area (Å²) in [5, 5.41) is 2.68. The maximum atomic E-state index is 12.8. The van der Waals surface area contributed by atoms with Crippen LogP contribution in [0.1, 0.15) is 12.8 Å². The number of nitrogens with two attached hydrogens (primary N) is 1. The standard InChI is InChI=1S/C7H14F2N2/c8-7(9)5-11-4-6(7)2-1-3-10/h6,11H,1-5,10H2. The highest BCUT2D eigenvalue weighted by Gasteiger charge is 2.42. The van der Waals surface area contributed by atoms with E-state index in [1.54, 1.807) is 0 Å². The summed E-state index contributed by atoms with van der Waals surface area (Å²) in [4.78, 5) is 0. The van der Waals surface area contributed by atoms with E-state index in [2.05, 4.69) is 5.32 Å². The average Bonchev–Trinajstić information content (AvgIpc) is 2.25. The zero-order valence-electron chi connectivity index (χ0n) is 6.45. The number of halogens is 2. The van der Waals surface area contributed by atoms with Crippen LogP contribution in [0, 0.1) is 5.92 Å². The molecule has 4 heteroatoms. The maximum absolute atomic E-state index is 12.8. The first-order valence-corrected chi connectivity index (χ1v) is 3.95. The molecule has 1 heterocycles. The first-order valence-electron chi connectivity index (χ1n) is 3.95. The van der Waals surface area contributed by atoms with Gasteiger partial charge in [-0.15, -0.1) is 0 Å². The van der Waals surface area contributed by atoms with E-state index in [4.69, 9.17) is 5.73 Å². The molecule has 66 valence electrons. The molecule has 11 heavy (non-hydrogen) atoms. The minimum absolute atomic E-state index is 0.164. The fourth-order valence-electron chi connectivity index (χ4n) is 1.38. The highest BCUT2D eigenvalue weighted by Crippen LogP contribution is 2.30. The van der Waals surface area contributed by atoms with E-state index in [0.29, 0.717) is 25.9 Å². The summed E-state index contributed by atoms with van der Waals surface area (Å²) >= 11 is 0. The largest absolute Gasteiger partial charge is 0.330 e. The lowest BCUT2D eigenvalue weighted by Gasteiger charge is -2.16. The molecule has 1 rings (SSSR count). The molecule has 1 fully saturated rings. The molecule has 0 aliphatic carbocycles. The van der Waals surface area contributed by atoms with Crippen LogP contribution < -0.4 is 11.1 Å². The van der Waals surface area contributed by atoms with Gasteiger partial charge in [-0.2, -0.15) is 0 Å². The number of hydrogen-bond donors (Lipinski definition) is 2. The molecule has 1 atom stereocenters. The average molecular weight is 164 g/mol.